The maximum Gasteiger partial charge on any atom is 0.224 e. The molecule has 0 aliphatic heterocycles. The van der Waals surface area contributed by atoms with E-state index in [1.807, 2.05) is 10.6 Å². The van der Waals surface area contributed by atoms with Crippen LogP contribution in [0.3, 0.4) is 0 Å². The van der Waals surface area contributed by atoms with Crippen molar-refractivity contribution < 1.29 is 9.90 Å². The molecule has 194 valence electrons. The molecular weight excluding hydrogens is 515 g/mol. The number of carbonyl (C=O) groups is 1. The molecule has 3 aromatic rings. The lowest BCUT2D eigenvalue weighted by Crippen LogP contribution is -2.30. The van der Waals surface area contributed by atoms with E-state index in [1.165, 1.54) is 0 Å². The van der Waals surface area contributed by atoms with Gasteiger partial charge in [-0.05, 0) is 63.5 Å². The Morgan fingerprint density at radius 2 is 1.86 bits per heavy atom. The minimum absolute atomic E-state index is 0.0123. The number of nitrogens with two attached hydrogens (primary N) is 1. The highest BCUT2D eigenvalue weighted by Crippen LogP contribution is 2.39. The zero-order chi connectivity index (χ0) is 26.1. The van der Waals surface area contributed by atoms with Crippen LogP contribution in [-0.4, -0.2) is 42.7 Å². The number of aliphatic hydroxyl groups excluding tert-OH is 1. The highest BCUT2D eigenvalue weighted by molar-refractivity contribution is 6.39. The van der Waals surface area contributed by atoms with Crippen LogP contribution in [0.2, 0.25) is 10.0 Å². The van der Waals surface area contributed by atoms with Gasteiger partial charge in [-0.25, -0.2) is 9.97 Å². The van der Waals surface area contributed by atoms with Crippen molar-refractivity contribution in [2.75, 3.05) is 10.6 Å². The largest absolute Gasteiger partial charge is 0.393 e. The number of nitriles is 1. The molecule has 2 aliphatic carbocycles. The smallest absolute Gasteiger partial charge is 0.224 e. The lowest BCUT2D eigenvalue weighted by Gasteiger charge is -2.29. The van der Waals surface area contributed by atoms with Crippen LogP contribution in [0.5, 0.6) is 0 Å². The summed E-state index contributed by atoms with van der Waals surface area (Å²) in [6.45, 7) is 0. The van der Waals surface area contributed by atoms with Gasteiger partial charge in [-0.1, -0.05) is 23.2 Å². The van der Waals surface area contributed by atoms with Crippen molar-refractivity contribution in [3.05, 3.63) is 33.9 Å². The number of benzene rings is 1. The number of imidazole rings is 1. The molecule has 0 bridgehead atoms. The molecule has 2 atom stereocenters. The highest BCUT2D eigenvalue weighted by Gasteiger charge is 2.30. The van der Waals surface area contributed by atoms with Gasteiger partial charge in [0.2, 0.25) is 17.8 Å². The molecule has 10 nitrogen and oxygen atoms in total. The lowest BCUT2D eigenvalue weighted by atomic mass is 9.85. The number of primary amides is 1. The number of aliphatic hydroxyl groups is 1. The first kappa shape index (κ1) is 25.5. The van der Waals surface area contributed by atoms with Crippen molar-refractivity contribution in [3.8, 4) is 6.07 Å². The highest BCUT2D eigenvalue weighted by atomic mass is 35.5. The number of nitrogens with one attached hydrogen (secondary N) is 2. The third-order valence-corrected chi connectivity index (χ3v) is 7.88. The Kier molecular flexibility index (Phi) is 7.38. The standard InChI is InChI=1S/C25H28Cl2N8O2/c26-18-8-13(11-28)9-19(27)21(18)33-25-32-20-12-30-24(31-15-2-1-3-17(36)10-15)34-23(20)35(25)16-6-4-14(5-7-16)22(29)37/h8-9,12,14-17,36H,1-7,10H2,(H2,29,37)(H,32,33)(H,30,31,34)/t14?,15?,16?,17-/m0/s1. The SMILES string of the molecule is N#Cc1cc(Cl)c(Nc2nc3cnc(NC4CCC[C@H](O)C4)nc3n2C2CCC(C(N)=O)CC2)c(Cl)c1. The molecule has 1 aromatic carbocycles. The van der Waals surface area contributed by atoms with Crippen molar-refractivity contribution in [3.63, 3.8) is 0 Å². The molecule has 12 heteroatoms. The van der Waals surface area contributed by atoms with Crippen LogP contribution in [0.4, 0.5) is 17.6 Å². The van der Waals surface area contributed by atoms with Gasteiger partial charge in [0.05, 0.1) is 39.7 Å². The first-order chi connectivity index (χ1) is 17.8. The molecule has 5 N–H and O–H groups in total. The lowest BCUT2D eigenvalue weighted by molar-refractivity contribution is -0.122. The number of halogens is 2. The summed E-state index contributed by atoms with van der Waals surface area (Å²) >= 11 is 12.9. The van der Waals surface area contributed by atoms with E-state index in [1.54, 1.807) is 18.3 Å². The second kappa shape index (κ2) is 10.7. The summed E-state index contributed by atoms with van der Waals surface area (Å²) in [5.74, 6) is 0.548. The van der Waals surface area contributed by atoms with Crippen LogP contribution in [0.25, 0.3) is 11.2 Å². The summed E-state index contributed by atoms with van der Waals surface area (Å²) in [5.41, 5.74) is 7.58. The molecule has 2 aromatic heterocycles. The van der Waals surface area contributed by atoms with Crippen molar-refractivity contribution >= 4 is 57.9 Å². The van der Waals surface area contributed by atoms with Crippen LogP contribution in [0, 0.1) is 17.2 Å². The van der Waals surface area contributed by atoms with E-state index >= 15 is 0 Å². The predicted octanol–water partition coefficient (Wildman–Crippen LogP) is 4.68. The molecule has 0 radical (unpaired) electrons. The van der Waals surface area contributed by atoms with Gasteiger partial charge < -0.3 is 21.5 Å². The fourth-order valence-electron chi connectivity index (χ4n) is 5.36. The van der Waals surface area contributed by atoms with Gasteiger partial charge in [0.15, 0.2) is 5.65 Å². The zero-order valence-electron chi connectivity index (χ0n) is 20.1. The summed E-state index contributed by atoms with van der Waals surface area (Å²) < 4.78 is 2.01. The monoisotopic (exact) mass is 542 g/mol. The van der Waals surface area contributed by atoms with E-state index < -0.39 is 0 Å². The van der Waals surface area contributed by atoms with Crippen LogP contribution >= 0.6 is 23.2 Å². The molecule has 1 unspecified atom stereocenters. The number of aromatic nitrogens is 4. The summed E-state index contributed by atoms with van der Waals surface area (Å²) in [6, 6.07) is 5.24. The molecule has 37 heavy (non-hydrogen) atoms. The van der Waals surface area contributed by atoms with Crippen molar-refractivity contribution in [1.29, 1.82) is 5.26 Å². The third kappa shape index (κ3) is 5.44. The number of fused-ring (bicyclic) bond motifs is 1. The molecule has 0 spiro atoms. The molecule has 1 amide bonds. The normalized spacial score (nSPS) is 23.9. The van der Waals surface area contributed by atoms with Crippen molar-refractivity contribution in [2.45, 2.75) is 69.6 Å². The summed E-state index contributed by atoms with van der Waals surface area (Å²) in [7, 11) is 0. The number of carbonyl (C=O) groups excluding carboxylic acids is 1. The molecule has 2 heterocycles. The average Bonchev–Trinajstić information content (AvgIpc) is 3.23. The maximum atomic E-state index is 11.7. The Labute approximate surface area is 224 Å². The number of anilines is 3. The first-order valence-electron chi connectivity index (χ1n) is 12.5. The van der Waals surface area contributed by atoms with Crippen LogP contribution in [0.15, 0.2) is 18.3 Å². The van der Waals surface area contributed by atoms with Gasteiger partial charge in [0.25, 0.3) is 0 Å². The van der Waals surface area contributed by atoms with E-state index in [0.717, 1.165) is 32.1 Å². The maximum absolute atomic E-state index is 11.7. The number of hydrogen-bond acceptors (Lipinski definition) is 8. The Hall–Kier alpha value is -3.13. The molecule has 2 saturated carbocycles. The Morgan fingerprint density at radius 1 is 1.14 bits per heavy atom. The van der Waals surface area contributed by atoms with E-state index in [0.29, 0.717) is 63.6 Å². The van der Waals surface area contributed by atoms with Crippen molar-refractivity contribution in [1.82, 2.24) is 19.5 Å². The van der Waals surface area contributed by atoms with Gasteiger partial charge in [-0.2, -0.15) is 10.2 Å². The fourth-order valence-corrected chi connectivity index (χ4v) is 5.94. The molecule has 5 rings (SSSR count). The Bertz CT molecular complexity index is 1340. The molecule has 2 aliphatic rings. The topological polar surface area (TPSA) is 155 Å². The summed E-state index contributed by atoms with van der Waals surface area (Å²) in [4.78, 5) is 25.8. The minimum atomic E-state index is -0.321. The second-order valence-corrected chi connectivity index (χ2v) is 10.6. The van der Waals surface area contributed by atoms with E-state index in [2.05, 4.69) is 15.6 Å². The number of amides is 1. The van der Waals surface area contributed by atoms with E-state index in [9.17, 15) is 15.2 Å². The van der Waals surface area contributed by atoms with Crippen LogP contribution in [0.1, 0.15) is 63.0 Å². The predicted molar refractivity (Wildman–Crippen MR) is 142 cm³/mol. The van der Waals surface area contributed by atoms with Gasteiger partial charge in [0.1, 0.15) is 5.52 Å². The van der Waals surface area contributed by atoms with Crippen LogP contribution in [-0.2, 0) is 4.79 Å². The van der Waals surface area contributed by atoms with Crippen LogP contribution < -0.4 is 16.4 Å². The van der Waals surface area contributed by atoms with Crippen molar-refractivity contribution in [2.24, 2.45) is 11.7 Å². The van der Waals surface area contributed by atoms with E-state index in [-0.39, 0.29) is 30.0 Å². The minimum Gasteiger partial charge on any atom is -0.393 e. The fraction of sp³-hybridized carbons (Fsp3) is 0.480. The number of hydrogen-bond donors (Lipinski definition) is 4. The molecular formula is C25H28Cl2N8O2. The molecule has 2 fully saturated rings. The number of nitrogens with zero attached hydrogens (tertiary/aromatic N) is 5. The first-order valence-corrected chi connectivity index (χ1v) is 13.2. The van der Waals surface area contributed by atoms with Gasteiger partial charge in [-0.3, -0.25) is 9.36 Å². The van der Waals surface area contributed by atoms with E-state index in [4.69, 9.17) is 38.9 Å². The quantitative estimate of drug-likeness (QED) is 0.349. The third-order valence-electron chi connectivity index (χ3n) is 7.28. The second-order valence-electron chi connectivity index (χ2n) is 9.83. The summed E-state index contributed by atoms with van der Waals surface area (Å²) in [5, 5.41) is 26.5. The zero-order valence-corrected chi connectivity index (χ0v) is 21.6. The number of rotatable bonds is 6. The Balaban J connectivity index is 1.52. The Morgan fingerprint density at radius 3 is 2.51 bits per heavy atom. The van der Waals surface area contributed by atoms with Gasteiger partial charge in [0, 0.05) is 18.0 Å². The molecule has 0 saturated heterocycles. The van der Waals surface area contributed by atoms with Gasteiger partial charge >= 0.3 is 0 Å². The summed E-state index contributed by atoms with van der Waals surface area (Å²) in [6.07, 6.45) is 7.51. The average molecular weight is 543 g/mol. The van der Waals surface area contributed by atoms with Gasteiger partial charge in [-0.15, -0.1) is 0 Å².